The molecule has 2 heteroatoms. The van der Waals surface area contributed by atoms with Crippen molar-refractivity contribution in [3.05, 3.63) is 201 Å². The lowest BCUT2D eigenvalue weighted by Gasteiger charge is -2.19. The fourth-order valence-electron chi connectivity index (χ4n) is 8.27. The standard InChI is InChI=1S/C14H16.2C13H16.2C12H16N/c1-14(2,3)13-9-8-11-6-4-5-7-12(11)10-13;2*1-13(2,3)12-8-7-10-5-4-6-11(10)9-12;2*1-12(2,3)10-6-7-11-5-4-8-13(11)9-10/h4-10H,1-3H3;4*4,6-9H,5H2,1-3H3/q;;;2*+1. The summed E-state index contributed by atoms with van der Waals surface area (Å²) in [5, 5.41) is 2.65. The van der Waals surface area contributed by atoms with E-state index in [0.717, 1.165) is 25.7 Å². The van der Waals surface area contributed by atoms with E-state index in [1.54, 1.807) is 0 Å². The van der Waals surface area contributed by atoms with Gasteiger partial charge in [0.15, 0.2) is 36.2 Å². The third-order valence-electron chi connectivity index (χ3n) is 13.0. The lowest BCUT2D eigenvalue weighted by Crippen LogP contribution is -2.30. The molecule has 0 spiro atoms. The van der Waals surface area contributed by atoms with Crippen molar-refractivity contribution in [1.29, 1.82) is 0 Å². The van der Waals surface area contributed by atoms with Crippen molar-refractivity contribution in [2.75, 3.05) is 0 Å². The van der Waals surface area contributed by atoms with Crippen LogP contribution in [0.5, 0.6) is 0 Å². The van der Waals surface area contributed by atoms with Crippen LogP contribution in [0.4, 0.5) is 0 Å². The minimum atomic E-state index is 0.240. The number of allylic oxidation sites excluding steroid dienone is 4. The first-order chi connectivity index (χ1) is 30.9. The van der Waals surface area contributed by atoms with Crippen LogP contribution >= 0.6 is 0 Å². The molecule has 0 saturated heterocycles. The van der Waals surface area contributed by atoms with Crippen LogP contribution in [0.25, 0.3) is 35.3 Å². The monoisotopic (exact) mass is 877 g/mol. The molecule has 4 aromatic carbocycles. The zero-order chi connectivity index (χ0) is 48.1. The summed E-state index contributed by atoms with van der Waals surface area (Å²) in [6.45, 7) is 33.7. The first kappa shape index (κ1) is 49.8. The Hall–Kier alpha value is -5.60. The molecule has 344 valence electrons. The van der Waals surface area contributed by atoms with E-state index in [9.17, 15) is 0 Å². The SMILES string of the molecule is CC(C)(C)c1ccc2[n+](c1)C=CC2.CC(C)(C)c1ccc2[n+](c1)C=CC2.CC(C)(C)c1ccc2c(c1)C=CC2.CC(C)(C)c1ccc2c(c1)C=CC2.CC(C)(C)c1ccc2ccccc2c1. The number of hydrogen-bond acceptors (Lipinski definition) is 0. The Labute approximate surface area is 400 Å². The molecule has 2 aliphatic carbocycles. The van der Waals surface area contributed by atoms with Gasteiger partial charge in [-0.1, -0.05) is 207 Å². The maximum absolute atomic E-state index is 2.32. The van der Waals surface area contributed by atoms with E-state index in [2.05, 4.69) is 277 Å². The molecule has 10 rings (SSSR count). The molecule has 2 nitrogen and oxygen atoms in total. The lowest BCUT2D eigenvalue weighted by molar-refractivity contribution is -0.572. The van der Waals surface area contributed by atoms with Crippen LogP contribution in [0.2, 0.25) is 0 Å². The molecule has 0 radical (unpaired) electrons. The van der Waals surface area contributed by atoms with E-state index >= 15 is 0 Å². The van der Waals surface area contributed by atoms with Crippen molar-refractivity contribution >= 4 is 35.3 Å². The number of aromatic nitrogens is 2. The van der Waals surface area contributed by atoms with E-state index in [0.29, 0.717) is 0 Å². The van der Waals surface area contributed by atoms with Gasteiger partial charge in [-0.05, 0) is 114 Å². The number of hydrogen-bond donors (Lipinski definition) is 0. The Balaban J connectivity index is 0.000000136. The maximum Gasteiger partial charge on any atom is 0.190 e. The molecule has 0 fully saturated rings. The second-order valence-corrected chi connectivity index (χ2v) is 23.7. The van der Waals surface area contributed by atoms with Gasteiger partial charge in [0.1, 0.15) is 0 Å². The smallest absolute Gasteiger partial charge is 0.171 e. The summed E-state index contributed by atoms with van der Waals surface area (Å²) in [5.41, 5.74) is 16.8. The van der Waals surface area contributed by atoms with E-state index in [1.165, 1.54) is 72.2 Å². The van der Waals surface area contributed by atoms with Gasteiger partial charge in [-0.15, -0.1) is 0 Å². The molecule has 0 atom stereocenters. The lowest BCUT2D eigenvalue weighted by atomic mass is 9.85. The first-order valence-corrected chi connectivity index (χ1v) is 24.4. The van der Waals surface area contributed by atoms with Gasteiger partial charge in [0.2, 0.25) is 0 Å². The summed E-state index contributed by atoms with van der Waals surface area (Å²) in [7, 11) is 0. The van der Waals surface area contributed by atoms with Crippen molar-refractivity contribution in [1.82, 2.24) is 0 Å². The van der Waals surface area contributed by atoms with Crippen LogP contribution in [0.15, 0.2) is 140 Å². The third-order valence-corrected chi connectivity index (χ3v) is 13.0. The number of pyridine rings is 2. The van der Waals surface area contributed by atoms with Crippen LogP contribution in [0, 0.1) is 0 Å². The first-order valence-electron chi connectivity index (χ1n) is 24.4. The summed E-state index contributed by atoms with van der Waals surface area (Å²) in [5.74, 6) is 0. The molecular formula is C64H80N2+2. The number of rotatable bonds is 0. The Morgan fingerprint density at radius 3 is 1.11 bits per heavy atom. The Kier molecular flexibility index (Phi) is 15.2. The zero-order valence-electron chi connectivity index (χ0n) is 43.3. The van der Waals surface area contributed by atoms with Gasteiger partial charge in [-0.3, -0.25) is 0 Å². The van der Waals surface area contributed by atoms with E-state index in [1.807, 2.05) is 0 Å². The van der Waals surface area contributed by atoms with Gasteiger partial charge in [0.05, 0.1) is 12.8 Å². The van der Waals surface area contributed by atoms with Gasteiger partial charge < -0.3 is 0 Å². The van der Waals surface area contributed by atoms with Gasteiger partial charge >= 0.3 is 0 Å². The highest BCUT2D eigenvalue weighted by atomic mass is 15.0. The summed E-state index contributed by atoms with van der Waals surface area (Å²) >= 11 is 0. The second-order valence-electron chi connectivity index (χ2n) is 23.7. The largest absolute Gasteiger partial charge is 0.190 e. The van der Waals surface area contributed by atoms with Crippen LogP contribution in [-0.4, -0.2) is 0 Å². The van der Waals surface area contributed by atoms with Gasteiger partial charge in [0.25, 0.3) is 0 Å². The summed E-state index contributed by atoms with van der Waals surface area (Å²) in [4.78, 5) is 0. The Bertz CT molecular complexity index is 2460. The van der Waals surface area contributed by atoms with Crippen molar-refractivity contribution < 1.29 is 9.13 Å². The average Bonchev–Trinajstić information content (AvgIpc) is 4.09. The van der Waals surface area contributed by atoms with Crippen molar-refractivity contribution in [3.8, 4) is 0 Å². The quantitative estimate of drug-likeness (QED) is 0.134. The van der Waals surface area contributed by atoms with Crippen LogP contribution < -0.4 is 9.13 Å². The highest BCUT2D eigenvalue weighted by molar-refractivity contribution is 5.83. The number of fused-ring (bicyclic) bond motifs is 5. The predicted molar refractivity (Wildman–Crippen MR) is 287 cm³/mol. The van der Waals surface area contributed by atoms with E-state index in [-0.39, 0.29) is 27.1 Å². The number of nitrogens with zero attached hydrogens (tertiary/aromatic N) is 2. The fraction of sp³-hybridized carbons (Fsp3) is 0.375. The van der Waals surface area contributed by atoms with Crippen molar-refractivity contribution in [3.63, 3.8) is 0 Å². The van der Waals surface area contributed by atoms with E-state index < -0.39 is 0 Å². The van der Waals surface area contributed by atoms with Crippen LogP contribution in [0.1, 0.15) is 165 Å². The molecule has 0 saturated carbocycles. The van der Waals surface area contributed by atoms with Gasteiger partial charge in [-0.25, -0.2) is 0 Å². The molecular weight excluding hydrogens is 797 g/mol. The van der Waals surface area contributed by atoms with Gasteiger partial charge in [-0.2, -0.15) is 9.13 Å². The molecule has 4 aliphatic rings. The normalized spacial score (nSPS) is 14.1. The highest BCUT2D eigenvalue weighted by Crippen LogP contribution is 2.30. The van der Waals surface area contributed by atoms with Crippen LogP contribution in [0.3, 0.4) is 0 Å². The number of benzene rings is 4. The molecule has 6 aromatic rings. The molecule has 0 unspecified atom stereocenters. The molecule has 0 N–H and O–H groups in total. The van der Waals surface area contributed by atoms with E-state index in [4.69, 9.17) is 0 Å². The molecule has 2 aromatic heterocycles. The molecule has 2 aliphatic heterocycles. The highest BCUT2D eigenvalue weighted by Gasteiger charge is 2.23. The van der Waals surface area contributed by atoms with Gasteiger partial charge in [0, 0.05) is 23.3 Å². The fourth-order valence-corrected chi connectivity index (χ4v) is 8.27. The Morgan fingerprint density at radius 2 is 0.697 bits per heavy atom. The summed E-state index contributed by atoms with van der Waals surface area (Å²) in [6, 6.07) is 37.8. The average molecular weight is 877 g/mol. The predicted octanol–water partition coefficient (Wildman–Crippen LogP) is 15.8. The summed E-state index contributed by atoms with van der Waals surface area (Å²) in [6.07, 6.45) is 26.4. The zero-order valence-corrected chi connectivity index (χ0v) is 43.3. The van der Waals surface area contributed by atoms with Crippen molar-refractivity contribution in [2.24, 2.45) is 0 Å². The second kappa shape index (κ2) is 20.1. The van der Waals surface area contributed by atoms with Crippen molar-refractivity contribution in [2.45, 2.75) is 157 Å². The maximum atomic E-state index is 2.32. The summed E-state index contributed by atoms with van der Waals surface area (Å²) < 4.78 is 4.45. The minimum absolute atomic E-state index is 0.240. The van der Waals surface area contributed by atoms with Crippen LogP contribution in [-0.2, 0) is 52.8 Å². The third kappa shape index (κ3) is 13.3. The topological polar surface area (TPSA) is 7.76 Å². The molecule has 0 bridgehead atoms. The molecule has 66 heavy (non-hydrogen) atoms. The molecule has 0 amide bonds. The molecule has 4 heterocycles. The minimum Gasteiger partial charge on any atom is -0.171 e. The Morgan fingerprint density at radius 1 is 0.333 bits per heavy atom.